The van der Waals surface area contributed by atoms with Crippen molar-refractivity contribution in [2.75, 3.05) is 44.2 Å². The van der Waals surface area contributed by atoms with E-state index in [1.165, 1.54) is 6.07 Å². The number of hydrogen-bond donors (Lipinski definition) is 1. The fraction of sp³-hybridized carbons (Fsp3) is 0.364. The Kier molecular flexibility index (Phi) is 5.49. The van der Waals surface area contributed by atoms with E-state index >= 15 is 0 Å². The van der Waals surface area contributed by atoms with Gasteiger partial charge in [-0.15, -0.1) is 0 Å². The van der Waals surface area contributed by atoms with Crippen LogP contribution in [0.4, 0.5) is 5.82 Å². The predicted molar refractivity (Wildman–Crippen MR) is 118 cm³/mol. The minimum atomic E-state index is -0.161. The van der Waals surface area contributed by atoms with Gasteiger partial charge < -0.3 is 19.1 Å². The highest BCUT2D eigenvalue weighted by molar-refractivity contribution is 5.87. The molecule has 0 atom stereocenters. The molecule has 1 fully saturated rings. The molecule has 0 radical (unpaired) electrons. The van der Waals surface area contributed by atoms with Gasteiger partial charge in [0.15, 0.2) is 5.58 Å². The molecule has 0 spiro atoms. The molecule has 1 aliphatic rings. The molecule has 4 aromatic heterocycles. The Hall–Kier alpha value is -3.46. The van der Waals surface area contributed by atoms with Crippen LogP contribution in [-0.4, -0.2) is 64.3 Å². The first-order valence-electron chi connectivity index (χ1n) is 10.6. The molecule has 31 heavy (non-hydrogen) atoms. The van der Waals surface area contributed by atoms with Crippen molar-refractivity contribution in [3.05, 3.63) is 53.1 Å². The van der Waals surface area contributed by atoms with Crippen molar-refractivity contribution in [1.29, 1.82) is 0 Å². The lowest BCUT2D eigenvalue weighted by atomic mass is 10.2. The van der Waals surface area contributed by atoms with Crippen LogP contribution in [0.2, 0.25) is 0 Å². The van der Waals surface area contributed by atoms with E-state index in [9.17, 15) is 4.79 Å². The average molecular weight is 420 g/mol. The van der Waals surface area contributed by atoms with Gasteiger partial charge in [0.05, 0.1) is 18.2 Å². The van der Waals surface area contributed by atoms with Crippen molar-refractivity contribution in [3.63, 3.8) is 0 Å². The van der Waals surface area contributed by atoms with E-state index in [0.29, 0.717) is 18.1 Å². The lowest BCUT2D eigenvalue weighted by Crippen LogP contribution is -2.47. The Morgan fingerprint density at radius 3 is 2.84 bits per heavy atom. The summed E-state index contributed by atoms with van der Waals surface area (Å²) in [6.45, 7) is 5.53. The van der Waals surface area contributed by atoms with Crippen molar-refractivity contribution < 1.29 is 9.26 Å². The Bertz CT molecular complexity index is 1230. The van der Waals surface area contributed by atoms with E-state index in [2.05, 4.69) is 29.9 Å². The molecule has 9 nitrogen and oxygen atoms in total. The second-order valence-electron chi connectivity index (χ2n) is 7.67. The number of aromatic amines is 1. The SMILES string of the molecule is O=c1ccc2ccc(OCCCCN3CCN(c4nccc5oncc45)CC3)nc2[nH]1. The lowest BCUT2D eigenvalue weighted by molar-refractivity contribution is 0.236. The van der Waals surface area contributed by atoms with Gasteiger partial charge in [-0.2, -0.15) is 4.98 Å². The molecule has 5 rings (SSSR count). The first-order valence-corrected chi connectivity index (χ1v) is 10.6. The zero-order valence-corrected chi connectivity index (χ0v) is 17.2. The number of ether oxygens (including phenoxy) is 1. The number of nitrogens with zero attached hydrogens (tertiary/aromatic N) is 5. The van der Waals surface area contributed by atoms with Gasteiger partial charge in [0.2, 0.25) is 11.4 Å². The number of H-pyrrole nitrogens is 1. The molecule has 0 aliphatic carbocycles. The Labute approximate surface area is 178 Å². The van der Waals surface area contributed by atoms with Gasteiger partial charge in [-0.3, -0.25) is 9.69 Å². The first kappa shape index (κ1) is 19.5. The second-order valence-corrected chi connectivity index (χ2v) is 7.67. The van der Waals surface area contributed by atoms with Crippen LogP contribution in [-0.2, 0) is 0 Å². The minimum absolute atomic E-state index is 0.161. The largest absolute Gasteiger partial charge is 0.478 e. The van der Waals surface area contributed by atoms with Crippen LogP contribution in [0, 0.1) is 0 Å². The van der Waals surface area contributed by atoms with E-state index in [-0.39, 0.29) is 5.56 Å². The Morgan fingerprint density at radius 2 is 1.94 bits per heavy atom. The van der Waals surface area contributed by atoms with Gasteiger partial charge in [0.25, 0.3) is 0 Å². The fourth-order valence-corrected chi connectivity index (χ4v) is 3.92. The smallest absolute Gasteiger partial charge is 0.249 e. The van der Waals surface area contributed by atoms with Crippen LogP contribution in [0.5, 0.6) is 5.88 Å². The molecule has 1 aliphatic heterocycles. The summed E-state index contributed by atoms with van der Waals surface area (Å²) < 4.78 is 11.0. The van der Waals surface area contributed by atoms with E-state index < -0.39 is 0 Å². The lowest BCUT2D eigenvalue weighted by Gasteiger charge is -2.35. The maximum absolute atomic E-state index is 11.4. The highest BCUT2D eigenvalue weighted by atomic mass is 16.5. The van der Waals surface area contributed by atoms with Crippen molar-refractivity contribution in [3.8, 4) is 5.88 Å². The zero-order valence-electron chi connectivity index (χ0n) is 17.2. The molecule has 0 aromatic carbocycles. The predicted octanol–water partition coefficient (Wildman–Crippen LogP) is 2.44. The van der Waals surface area contributed by atoms with Crippen LogP contribution in [0.15, 0.2) is 52.0 Å². The number of nitrogens with one attached hydrogen (secondary N) is 1. The molecular weight excluding hydrogens is 396 g/mol. The molecule has 9 heteroatoms. The van der Waals surface area contributed by atoms with Gasteiger partial charge in [0, 0.05) is 56.0 Å². The van der Waals surface area contributed by atoms with Gasteiger partial charge in [-0.25, -0.2) is 4.98 Å². The van der Waals surface area contributed by atoms with Gasteiger partial charge in [0.1, 0.15) is 11.5 Å². The van der Waals surface area contributed by atoms with Gasteiger partial charge >= 0.3 is 0 Å². The first-order chi connectivity index (χ1) is 15.3. The zero-order chi connectivity index (χ0) is 21.0. The van der Waals surface area contributed by atoms with Crippen LogP contribution in [0.25, 0.3) is 22.0 Å². The normalized spacial score (nSPS) is 15.0. The van der Waals surface area contributed by atoms with Crippen molar-refractivity contribution in [1.82, 2.24) is 25.0 Å². The second kappa shape index (κ2) is 8.73. The molecule has 0 bridgehead atoms. The van der Waals surface area contributed by atoms with Gasteiger partial charge in [-0.1, -0.05) is 5.16 Å². The highest BCUT2D eigenvalue weighted by Gasteiger charge is 2.20. The van der Waals surface area contributed by atoms with Crippen LogP contribution in [0.3, 0.4) is 0 Å². The van der Waals surface area contributed by atoms with Crippen molar-refractivity contribution >= 4 is 27.8 Å². The molecule has 1 saturated heterocycles. The minimum Gasteiger partial charge on any atom is -0.478 e. The van der Waals surface area contributed by atoms with Crippen LogP contribution in [0.1, 0.15) is 12.8 Å². The number of piperazine rings is 1. The highest BCUT2D eigenvalue weighted by Crippen LogP contribution is 2.24. The number of unbranched alkanes of at least 4 members (excludes halogenated alkanes) is 1. The van der Waals surface area contributed by atoms with Gasteiger partial charge in [-0.05, 0) is 31.5 Å². The molecule has 4 aromatic rings. The summed E-state index contributed by atoms with van der Waals surface area (Å²) in [7, 11) is 0. The third-order valence-corrected chi connectivity index (χ3v) is 5.61. The van der Waals surface area contributed by atoms with E-state index in [1.54, 1.807) is 18.5 Å². The summed E-state index contributed by atoms with van der Waals surface area (Å²) in [5.74, 6) is 1.49. The van der Waals surface area contributed by atoms with Crippen LogP contribution < -0.4 is 15.2 Å². The third kappa shape index (κ3) is 4.36. The molecule has 0 amide bonds. The summed E-state index contributed by atoms with van der Waals surface area (Å²) in [5.41, 5.74) is 1.17. The monoisotopic (exact) mass is 420 g/mol. The number of anilines is 1. The van der Waals surface area contributed by atoms with E-state index in [0.717, 1.165) is 67.7 Å². The number of hydrogen-bond acceptors (Lipinski definition) is 8. The van der Waals surface area contributed by atoms with Crippen LogP contribution >= 0.6 is 0 Å². The van der Waals surface area contributed by atoms with Crippen molar-refractivity contribution in [2.45, 2.75) is 12.8 Å². The summed E-state index contributed by atoms with van der Waals surface area (Å²) in [6.07, 6.45) is 5.53. The van der Waals surface area contributed by atoms with Crippen molar-refractivity contribution in [2.24, 2.45) is 0 Å². The molecule has 0 saturated carbocycles. The number of aromatic nitrogens is 4. The topological polar surface area (TPSA) is 100 Å². The molecule has 1 N–H and O–H groups in total. The maximum Gasteiger partial charge on any atom is 0.249 e. The number of rotatable bonds is 7. The summed E-state index contributed by atoms with van der Waals surface area (Å²) >= 11 is 0. The fourth-order valence-electron chi connectivity index (χ4n) is 3.92. The number of fused-ring (bicyclic) bond motifs is 2. The standard InChI is InChI=1S/C22H24N6O3/c29-19-5-3-16-4-6-20(26-21(16)25-19)30-14-2-1-9-27-10-12-28(13-11-27)22-17-15-24-31-18(17)7-8-23-22/h3-8,15H,1-2,9-14H2,(H,25,26,29). The van der Waals surface area contributed by atoms with E-state index in [1.807, 2.05) is 18.2 Å². The summed E-state index contributed by atoms with van der Waals surface area (Å²) in [4.78, 5) is 27.8. The average Bonchev–Trinajstić information content (AvgIpc) is 3.28. The maximum atomic E-state index is 11.4. The quantitative estimate of drug-likeness (QED) is 0.455. The molecular formula is C22H24N6O3. The number of pyridine rings is 3. The third-order valence-electron chi connectivity index (χ3n) is 5.61. The van der Waals surface area contributed by atoms with E-state index in [4.69, 9.17) is 9.26 Å². The summed E-state index contributed by atoms with van der Waals surface area (Å²) in [6, 6.07) is 8.84. The Morgan fingerprint density at radius 1 is 1.06 bits per heavy atom. The molecule has 5 heterocycles. The summed E-state index contributed by atoms with van der Waals surface area (Å²) in [5, 5.41) is 5.75. The molecule has 0 unspecified atom stereocenters. The Balaban J connectivity index is 1.05. The molecule has 160 valence electrons.